The van der Waals surface area contributed by atoms with Crippen LogP contribution in [0.2, 0.25) is 0 Å². The third-order valence-corrected chi connectivity index (χ3v) is 5.18. The Morgan fingerprint density at radius 2 is 2.00 bits per heavy atom. The maximum Gasteiger partial charge on any atom is 0.416 e. The summed E-state index contributed by atoms with van der Waals surface area (Å²) in [7, 11) is 0. The Bertz CT molecular complexity index is 588. The fourth-order valence-corrected chi connectivity index (χ4v) is 3.65. The highest BCUT2D eigenvalue weighted by atomic mass is 79.9. The quantitative estimate of drug-likeness (QED) is 0.753. The number of oxime groups is 1. The highest BCUT2D eigenvalue weighted by molar-refractivity contribution is 9.18. The summed E-state index contributed by atoms with van der Waals surface area (Å²) in [5.74, 6) is 0.408. The summed E-state index contributed by atoms with van der Waals surface area (Å²) >= 11 is 3.35. The van der Waals surface area contributed by atoms with Crippen LogP contribution in [0.4, 0.5) is 13.2 Å². The second kappa shape index (κ2) is 6.43. The lowest BCUT2D eigenvalue weighted by Gasteiger charge is -2.25. The Morgan fingerprint density at radius 1 is 1.30 bits per heavy atom. The third kappa shape index (κ3) is 3.71. The molecule has 0 spiro atoms. The smallest absolute Gasteiger partial charge is 0.391 e. The van der Waals surface area contributed by atoms with E-state index >= 15 is 0 Å². The summed E-state index contributed by atoms with van der Waals surface area (Å²) in [5, 5.41) is 3.93. The van der Waals surface area contributed by atoms with E-state index in [1.807, 2.05) is 6.92 Å². The van der Waals surface area contributed by atoms with Gasteiger partial charge in [0, 0.05) is 24.9 Å². The fourth-order valence-electron chi connectivity index (χ4n) is 3.25. The predicted molar refractivity (Wildman–Crippen MR) is 85.4 cm³/mol. The first-order valence-corrected chi connectivity index (χ1v) is 8.43. The van der Waals surface area contributed by atoms with Crippen molar-refractivity contribution >= 4 is 20.6 Å². The SMILES string of the molecule is C[C@@H](c1ccc(C(F)(F)F)cc1)N1CC[C@@H]([C@@H]2CC(Br)=NO2)C1. The van der Waals surface area contributed by atoms with E-state index in [0.717, 1.165) is 48.2 Å². The second-order valence-corrected chi connectivity index (χ2v) is 7.07. The molecule has 1 saturated heterocycles. The Labute approximate surface area is 141 Å². The number of rotatable bonds is 3. The lowest BCUT2D eigenvalue weighted by molar-refractivity contribution is -0.137. The molecule has 1 aromatic rings. The summed E-state index contributed by atoms with van der Waals surface area (Å²) in [5.41, 5.74) is 0.303. The van der Waals surface area contributed by atoms with Gasteiger partial charge in [0.05, 0.1) is 5.56 Å². The molecule has 2 aliphatic rings. The van der Waals surface area contributed by atoms with E-state index in [4.69, 9.17) is 4.84 Å². The number of benzene rings is 1. The van der Waals surface area contributed by atoms with Gasteiger partial charge >= 0.3 is 6.18 Å². The lowest BCUT2D eigenvalue weighted by atomic mass is 9.99. The lowest BCUT2D eigenvalue weighted by Crippen LogP contribution is -2.28. The third-order valence-electron chi connectivity index (χ3n) is 4.71. The van der Waals surface area contributed by atoms with Crippen LogP contribution in [0.15, 0.2) is 29.4 Å². The molecule has 0 amide bonds. The van der Waals surface area contributed by atoms with E-state index in [-0.39, 0.29) is 12.1 Å². The van der Waals surface area contributed by atoms with E-state index < -0.39 is 11.7 Å². The molecule has 0 N–H and O–H groups in total. The van der Waals surface area contributed by atoms with E-state index in [1.165, 1.54) is 0 Å². The molecule has 0 radical (unpaired) electrons. The van der Waals surface area contributed by atoms with Gasteiger partial charge in [0.1, 0.15) is 10.7 Å². The van der Waals surface area contributed by atoms with Gasteiger partial charge < -0.3 is 4.84 Å². The standard InChI is InChI=1S/C16H18BrF3N2O/c1-10(11-2-4-13(5-3-11)16(18,19)20)22-7-6-12(9-22)14-8-15(17)21-23-14/h2-5,10,12,14H,6-9H2,1H3/t10-,12+,14-/m0/s1. The molecule has 23 heavy (non-hydrogen) atoms. The largest absolute Gasteiger partial charge is 0.416 e. The average Bonchev–Trinajstić information content (AvgIpc) is 3.14. The van der Waals surface area contributed by atoms with Crippen molar-refractivity contribution in [1.29, 1.82) is 0 Å². The van der Waals surface area contributed by atoms with Crippen LogP contribution in [-0.4, -0.2) is 28.7 Å². The Morgan fingerprint density at radius 3 is 2.57 bits per heavy atom. The van der Waals surface area contributed by atoms with Crippen molar-refractivity contribution in [2.75, 3.05) is 13.1 Å². The monoisotopic (exact) mass is 390 g/mol. The van der Waals surface area contributed by atoms with Crippen LogP contribution in [0.5, 0.6) is 0 Å². The maximum atomic E-state index is 12.6. The topological polar surface area (TPSA) is 24.8 Å². The highest BCUT2D eigenvalue weighted by Gasteiger charge is 2.36. The van der Waals surface area contributed by atoms with Crippen molar-refractivity contribution in [2.45, 2.75) is 38.1 Å². The zero-order valence-corrected chi connectivity index (χ0v) is 14.3. The van der Waals surface area contributed by atoms with Crippen molar-refractivity contribution in [2.24, 2.45) is 11.1 Å². The zero-order chi connectivity index (χ0) is 16.6. The van der Waals surface area contributed by atoms with Crippen molar-refractivity contribution < 1.29 is 18.0 Å². The first-order valence-electron chi connectivity index (χ1n) is 7.64. The van der Waals surface area contributed by atoms with Gasteiger partial charge in [-0.1, -0.05) is 17.3 Å². The van der Waals surface area contributed by atoms with E-state index in [0.29, 0.717) is 5.92 Å². The molecule has 1 aromatic carbocycles. The summed E-state index contributed by atoms with van der Waals surface area (Å²) in [4.78, 5) is 7.72. The molecule has 0 bridgehead atoms. The number of hydrogen-bond acceptors (Lipinski definition) is 3. The van der Waals surface area contributed by atoms with Gasteiger partial charge in [0.2, 0.25) is 0 Å². The van der Waals surface area contributed by atoms with Gasteiger partial charge in [0.25, 0.3) is 0 Å². The molecule has 0 saturated carbocycles. The van der Waals surface area contributed by atoms with Gasteiger partial charge in [-0.3, -0.25) is 4.90 Å². The number of alkyl halides is 3. The van der Waals surface area contributed by atoms with Gasteiger partial charge in [-0.05, 0) is 53.5 Å². The molecule has 3 atom stereocenters. The van der Waals surface area contributed by atoms with Crippen molar-refractivity contribution in [3.05, 3.63) is 35.4 Å². The number of likely N-dealkylation sites (tertiary alicyclic amines) is 1. The van der Waals surface area contributed by atoms with Crippen LogP contribution < -0.4 is 0 Å². The molecular formula is C16H18BrF3N2O. The maximum absolute atomic E-state index is 12.6. The summed E-state index contributed by atoms with van der Waals surface area (Å²) in [6.45, 7) is 3.83. The van der Waals surface area contributed by atoms with E-state index in [2.05, 4.69) is 26.0 Å². The summed E-state index contributed by atoms with van der Waals surface area (Å²) < 4.78 is 38.8. The first-order chi connectivity index (χ1) is 10.8. The first kappa shape index (κ1) is 16.8. The number of hydrogen-bond donors (Lipinski definition) is 0. The summed E-state index contributed by atoms with van der Waals surface area (Å²) in [6.07, 6.45) is -2.36. The van der Waals surface area contributed by atoms with E-state index in [1.54, 1.807) is 12.1 Å². The fraction of sp³-hybridized carbons (Fsp3) is 0.562. The Hall–Kier alpha value is -1.08. The molecular weight excluding hydrogens is 373 g/mol. The molecule has 2 aliphatic heterocycles. The van der Waals surface area contributed by atoms with Crippen LogP contribution in [0, 0.1) is 5.92 Å². The molecule has 7 heteroatoms. The van der Waals surface area contributed by atoms with Gasteiger partial charge in [0.15, 0.2) is 0 Å². The van der Waals surface area contributed by atoms with Crippen molar-refractivity contribution in [1.82, 2.24) is 4.90 Å². The molecule has 2 heterocycles. The molecule has 0 aromatic heterocycles. The molecule has 0 aliphatic carbocycles. The zero-order valence-electron chi connectivity index (χ0n) is 12.7. The summed E-state index contributed by atoms with van der Waals surface area (Å²) in [6, 6.07) is 5.56. The minimum atomic E-state index is -4.28. The van der Waals surface area contributed by atoms with Crippen LogP contribution in [0.1, 0.15) is 36.9 Å². The van der Waals surface area contributed by atoms with Crippen molar-refractivity contribution in [3.63, 3.8) is 0 Å². The molecule has 3 nitrogen and oxygen atoms in total. The molecule has 0 unspecified atom stereocenters. The van der Waals surface area contributed by atoms with Crippen molar-refractivity contribution in [3.8, 4) is 0 Å². The average molecular weight is 391 g/mol. The van der Waals surface area contributed by atoms with Gasteiger partial charge in [-0.15, -0.1) is 0 Å². The van der Waals surface area contributed by atoms with Crippen LogP contribution in [0.25, 0.3) is 0 Å². The normalized spacial score (nSPS) is 26.9. The van der Waals surface area contributed by atoms with Crippen LogP contribution in [-0.2, 0) is 11.0 Å². The van der Waals surface area contributed by atoms with Gasteiger partial charge in [-0.2, -0.15) is 13.2 Å². The predicted octanol–water partition coefficient (Wildman–Crippen LogP) is 4.59. The molecule has 126 valence electrons. The minimum Gasteiger partial charge on any atom is -0.391 e. The number of halogens is 4. The second-order valence-electron chi connectivity index (χ2n) is 6.15. The van der Waals surface area contributed by atoms with Gasteiger partial charge in [-0.25, -0.2) is 0 Å². The molecule has 1 fully saturated rings. The minimum absolute atomic E-state index is 0.0908. The number of nitrogens with zero attached hydrogens (tertiary/aromatic N) is 2. The highest BCUT2D eigenvalue weighted by Crippen LogP contribution is 2.34. The van der Waals surface area contributed by atoms with Crippen LogP contribution >= 0.6 is 15.9 Å². The van der Waals surface area contributed by atoms with E-state index in [9.17, 15) is 13.2 Å². The Balaban J connectivity index is 1.61. The Kier molecular flexibility index (Phi) is 4.69. The molecule has 3 rings (SSSR count). The van der Waals surface area contributed by atoms with Crippen LogP contribution in [0.3, 0.4) is 0 Å².